The number of benzene rings is 2. The maximum atomic E-state index is 12.3. The molecule has 0 saturated carbocycles. The van der Waals surface area contributed by atoms with Crippen LogP contribution in [0.2, 0.25) is 0 Å². The highest BCUT2D eigenvalue weighted by atomic mass is 16.5. The highest BCUT2D eigenvalue weighted by Crippen LogP contribution is 2.26. The maximum absolute atomic E-state index is 12.3. The summed E-state index contributed by atoms with van der Waals surface area (Å²) >= 11 is 0. The summed E-state index contributed by atoms with van der Waals surface area (Å²) in [7, 11) is 0. The second kappa shape index (κ2) is 9.27. The van der Waals surface area contributed by atoms with Crippen LogP contribution in [0.25, 0.3) is 0 Å². The van der Waals surface area contributed by atoms with E-state index in [4.69, 9.17) is 9.47 Å². The molecule has 4 heteroatoms. The number of nitrogens with one attached hydrogen (secondary N) is 1. The Hall–Kier alpha value is -2.49. The van der Waals surface area contributed by atoms with Gasteiger partial charge in [0.25, 0.3) is 5.91 Å². The molecule has 0 aliphatic rings. The average molecular weight is 355 g/mol. The van der Waals surface area contributed by atoms with Gasteiger partial charge in [0.1, 0.15) is 18.1 Å². The summed E-state index contributed by atoms with van der Waals surface area (Å²) in [5.41, 5.74) is 3.43. The van der Waals surface area contributed by atoms with Gasteiger partial charge in [-0.15, -0.1) is 0 Å². The van der Waals surface area contributed by atoms with E-state index in [2.05, 4.69) is 25.2 Å². The minimum atomic E-state index is -0.559. The van der Waals surface area contributed by atoms with Crippen molar-refractivity contribution in [2.75, 3.05) is 13.2 Å². The van der Waals surface area contributed by atoms with Crippen LogP contribution in [0, 0.1) is 13.8 Å². The standard InChI is InChI=1S/C22H29NO3/c1-15(2)20-8-6-7-9-21(20)26-18(5)22(24)23-10-11-25-19-13-16(3)12-17(4)14-19/h6-9,12-15,18H,10-11H2,1-5H3,(H,23,24)/t18-/m0/s1. The number of amides is 1. The molecule has 0 fully saturated rings. The normalized spacial score (nSPS) is 11.9. The van der Waals surface area contributed by atoms with E-state index in [1.165, 1.54) is 0 Å². The van der Waals surface area contributed by atoms with Crippen molar-refractivity contribution in [1.29, 1.82) is 0 Å². The third-order valence-electron chi connectivity index (χ3n) is 4.08. The maximum Gasteiger partial charge on any atom is 0.260 e. The molecule has 26 heavy (non-hydrogen) atoms. The van der Waals surface area contributed by atoms with Crippen LogP contribution in [0.5, 0.6) is 11.5 Å². The van der Waals surface area contributed by atoms with Crippen LogP contribution in [0.1, 0.15) is 43.4 Å². The summed E-state index contributed by atoms with van der Waals surface area (Å²) in [6.07, 6.45) is -0.559. The molecule has 0 heterocycles. The Morgan fingerprint density at radius 1 is 1.04 bits per heavy atom. The number of hydrogen-bond donors (Lipinski definition) is 1. The SMILES string of the molecule is Cc1cc(C)cc(OCCNC(=O)[C@H](C)Oc2ccccc2C(C)C)c1. The molecular formula is C22H29NO3. The van der Waals surface area contributed by atoms with Crippen molar-refractivity contribution >= 4 is 5.91 Å². The van der Waals surface area contributed by atoms with Gasteiger partial charge in [-0.25, -0.2) is 0 Å². The largest absolute Gasteiger partial charge is 0.492 e. The van der Waals surface area contributed by atoms with Gasteiger partial charge in [0.2, 0.25) is 0 Å². The van der Waals surface area contributed by atoms with E-state index in [9.17, 15) is 4.79 Å². The Kier molecular flexibility index (Phi) is 7.07. The van der Waals surface area contributed by atoms with Gasteiger partial charge in [-0.05, 0) is 61.6 Å². The van der Waals surface area contributed by atoms with Crippen LogP contribution in [-0.2, 0) is 4.79 Å². The minimum absolute atomic E-state index is 0.146. The number of para-hydroxylation sites is 1. The lowest BCUT2D eigenvalue weighted by Gasteiger charge is -2.18. The lowest BCUT2D eigenvalue weighted by molar-refractivity contribution is -0.127. The number of hydrogen-bond acceptors (Lipinski definition) is 3. The van der Waals surface area contributed by atoms with Gasteiger partial charge in [-0.1, -0.05) is 38.1 Å². The number of aryl methyl sites for hydroxylation is 2. The van der Waals surface area contributed by atoms with Crippen molar-refractivity contribution in [3.05, 3.63) is 59.2 Å². The molecule has 140 valence electrons. The molecule has 1 amide bonds. The molecule has 0 bridgehead atoms. The van der Waals surface area contributed by atoms with Crippen LogP contribution < -0.4 is 14.8 Å². The smallest absolute Gasteiger partial charge is 0.260 e. The monoisotopic (exact) mass is 355 g/mol. The summed E-state index contributed by atoms with van der Waals surface area (Å²) < 4.78 is 11.6. The molecule has 1 N–H and O–H groups in total. The lowest BCUT2D eigenvalue weighted by atomic mass is 10.0. The zero-order chi connectivity index (χ0) is 19.1. The lowest BCUT2D eigenvalue weighted by Crippen LogP contribution is -2.38. The first-order chi connectivity index (χ1) is 12.4. The van der Waals surface area contributed by atoms with E-state index in [1.54, 1.807) is 6.92 Å². The van der Waals surface area contributed by atoms with Crippen LogP contribution in [0.15, 0.2) is 42.5 Å². The first-order valence-corrected chi connectivity index (χ1v) is 9.11. The fraction of sp³-hybridized carbons (Fsp3) is 0.409. The van der Waals surface area contributed by atoms with Crippen molar-refractivity contribution in [2.24, 2.45) is 0 Å². The van der Waals surface area contributed by atoms with Gasteiger partial charge in [-0.3, -0.25) is 4.79 Å². The molecule has 0 spiro atoms. The van der Waals surface area contributed by atoms with Gasteiger partial charge in [0.05, 0.1) is 6.54 Å². The zero-order valence-electron chi connectivity index (χ0n) is 16.3. The molecule has 0 saturated heterocycles. The summed E-state index contributed by atoms with van der Waals surface area (Å²) in [4.78, 5) is 12.3. The van der Waals surface area contributed by atoms with E-state index in [1.807, 2.05) is 50.2 Å². The van der Waals surface area contributed by atoms with Gasteiger partial charge >= 0.3 is 0 Å². The predicted molar refractivity (Wildman–Crippen MR) is 105 cm³/mol. The van der Waals surface area contributed by atoms with Crippen LogP contribution in [0.4, 0.5) is 0 Å². The van der Waals surface area contributed by atoms with Gasteiger partial charge in [0, 0.05) is 0 Å². The Labute approximate surface area is 156 Å². The zero-order valence-corrected chi connectivity index (χ0v) is 16.3. The van der Waals surface area contributed by atoms with Gasteiger partial charge < -0.3 is 14.8 Å². The highest BCUT2D eigenvalue weighted by Gasteiger charge is 2.16. The van der Waals surface area contributed by atoms with E-state index in [0.717, 1.165) is 28.2 Å². The number of carbonyl (C=O) groups is 1. The molecule has 0 radical (unpaired) electrons. The van der Waals surface area contributed by atoms with Gasteiger partial charge in [0.15, 0.2) is 6.10 Å². The Balaban J connectivity index is 1.80. The third-order valence-corrected chi connectivity index (χ3v) is 4.08. The van der Waals surface area contributed by atoms with Crippen molar-refractivity contribution < 1.29 is 14.3 Å². The molecule has 0 aliphatic heterocycles. The quantitative estimate of drug-likeness (QED) is 0.715. The molecule has 2 rings (SSSR count). The summed E-state index contributed by atoms with van der Waals surface area (Å²) in [6.45, 7) is 10.9. The molecular weight excluding hydrogens is 326 g/mol. The summed E-state index contributed by atoms with van der Waals surface area (Å²) in [6, 6.07) is 13.9. The topological polar surface area (TPSA) is 47.6 Å². The predicted octanol–water partition coefficient (Wildman–Crippen LogP) is 4.39. The van der Waals surface area contributed by atoms with Crippen molar-refractivity contribution in [3.8, 4) is 11.5 Å². The third kappa shape index (κ3) is 5.80. The number of carbonyl (C=O) groups excluding carboxylic acids is 1. The second-order valence-electron chi connectivity index (χ2n) is 6.92. The fourth-order valence-electron chi connectivity index (χ4n) is 2.81. The first-order valence-electron chi connectivity index (χ1n) is 9.11. The molecule has 2 aromatic rings. The molecule has 0 aromatic heterocycles. The van der Waals surface area contributed by atoms with Gasteiger partial charge in [-0.2, -0.15) is 0 Å². The Morgan fingerprint density at radius 2 is 1.69 bits per heavy atom. The van der Waals surface area contributed by atoms with E-state index in [0.29, 0.717) is 19.1 Å². The van der Waals surface area contributed by atoms with E-state index >= 15 is 0 Å². The number of rotatable bonds is 8. The minimum Gasteiger partial charge on any atom is -0.492 e. The van der Waals surface area contributed by atoms with E-state index < -0.39 is 6.10 Å². The van der Waals surface area contributed by atoms with Crippen LogP contribution in [-0.4, -0.2) is 25.2 Å². The molecule has 0 aliphatic carbocycles. The number of ether oxygens (including phenoxy) is 2. The molecule has 4 nitrogen and oxygen atoms in total. The summed E-state index contributed by atoms with van der Waals surface area (Å²) in [5.74, 6) is 1.78. The fourth-order valence-corrected chi connectivity index (χ4v) is 2.81. The van der Waals surface area contributed by atoms with Crippen LogP contribution >= 0.6 is 0 Å². The summed E-state index contributed by atoms with van der Waals surface area (Å²) in [5, 5.41) is 2.86. The van der Waals surface area contributed by atoms with Crippen molar-refractivity contribution in [1.82, 2.24) is 5.32 Å². The molecule has 2 aromatic carbocycles. The Bertz CT molecular complexity index is 720. The first kappa shape index (κ1) is 19.8. The average Bonchev–Trinajstić information content (AvgIpc) is 2.58. The van der Waals surface area contributed by atoms with Crippen molar-refractivity contribution in [2.45, 2.75) is 46.6 Å². The highest BCUT2D eigenvalue weighted by molar-refractivity contribution is 5.80. The van der Waals surface area contributed by atoms with Crippen LogP contribution in [0.3, 0.4) is 0 Å². The van der Waals surface area contributed by atoms with E-state index in [-0.39, 0.29) is 5.91 Å². The molecule has 0 unspecified atom stereocenters. The molecule has 1 atom stereocenters. The Morgan fingerprint density at radius 3 is 2.35 bits per heavy atom. The second-order valence-corrected chi connectivity index (χ2v) is 6.92. The van der Waals surface area contributed by atoms with Crippen molar-refractivity contribution in [3.63, 3.8) is 0 Å².